The van der Waals surface area contributed by atoms with Crippen LogP contribution in [-0.4, -0.2) is 10.6 Å². The summed E-state index contributed by atoms with van der Waals surface area (Å²) in [5.74, 6) is 0. The van der Waals surface area contributed by atoms with E-state index in [4.69, 9.17) is 0 Å². The molecular weight excluding hydrogens is 260 g/mol. The Morgan fingerprint density at radius 1 is 1.19 bits per heavy atom. The zero-order valence-corrected chi connectivity index (χ0v) is 12.9. The molecule has 1 heterocycles. The minimum atomic E-state index is 0.127. The molecule has 1 aliphatic carbocycles. The Kier molecular flexibility index (Phi) is 3.68. The fraction of sp³-hybridized carbons (Fsp3) is 0.389. The fourth-order valence-corrected chi connectivity index (χ4v) is 2.68. The summed E-state index contributed by atoms with van der Waals surface area (Å²) >= 11 is 0. The van der Waals surface area contributed by atoms with Crippen LogP contribution in [-0.2, 0) is 6.54 Å². The van der Waals surface area contributed by atoms with Crippen molar-refractivity contribution in [1.29, 1.82) is 0 Å². The molecule has 0 radical (unpaired) electrons. The topological polar surface area (TPSA) is 34.0 Å². The SMILES string of the molecule is Cc1ccc(-n2cc(CNC3CC3)c(=O)cc2C)c(C)c1. The Hall–Kier alpha value is -1.87. The standard InChI is InChI=1S/C18H22N2O/c1-12-4-7-17(13(2)8-12)20-11-15(10-19-16-5-6-16)18(21)9-14(20)3/h4,7-9,11,16,19H,5-6,10H2,1-3H3. The number of rotatable bonds is 4. The fourth-order valence-electron chi connectivity index (χ4n) is 2.68. The van der Waals surface area contributed by atoms with Crippen LogP contribution in [0.1, 0.15) is 35.2 Å². The Balaban J connectivity index is 2.00. The first kappa shape index (κ1) is 14.1. The molecule has 1 fully saturated rings. The van der Waals surface area contributed by atoms with Gasteiger partial charge in [-0.05, 0) is 45.2 Å². The van der Waals surface area contributed by atoms with Crippen LogP contribution < -0.4 is 10.7 Å². The third kappa shape index (κ3) is 3.08. The van der Waals surface area contributed by atoms with Gasteiger partial charge in [0.05, 0.1) is 0 Å². The summed E-state index contributed by atoms with van der Waals surface area (Å²) in [5, 5.41) is 3.42. The normalized spacial score (nSPS) is 14.4. The average molecular weight is 282 g/mol. The highest BCUT2D eigenvalue weighted by Gasteiger charge is 2.20. The summed E-state index contributed by atoms with van der Waals surface area (Å²) < 4.78 is 2.13. The lowest BCUT2D eigenvalue weighted by Gasteiger charge is -2.16. The minimum Gasteiger partial charge on any atom is -0.320 e. The number of aromatic nitrogens is 1. The maximum atomic E-state index is 12.1. The molecule has 2 aromatic rings. The molecule has 0 unspecified atom stereocenters. The summed E-state index contributed by atoms with van der Waals surface area (Å²) in [4.78, 5) is 12.1. The smallest absolute Gasteiger partial charge is 0.186 e. The molecule has 110 valence electrons. The molecule has 1 aromatic heterocycles. The predicted molar refractivity (Wildman–Crippen MR) is 86.1 cm³/mol. The van der Waals surface area contributed by atoms with Gasteiger partial charge < -0.3 is 9.88 Å². The molecule has 0 amide bonds. The van der Waals surface area contributed by atoms with Crippen molar-refractivity contribution in [3.63, 3.8) is 0 Å². The first-order valence-corrected chi connectivity index (χ1v) is 7.58. The Bertz CT molecular complexity index is 726. The Morgan fingerprint density at radius 2 is 1.95 bits per heavy atom. The number of pyridine rings is 1. The van der Waals surface area contributed by atoms with E-state index in [1.165, 1.54) is 24.0 Å². The third-order valence-electron chi connectivity index (χ3n) is 4.09. The van der Waals surface area contributed by atoms with Gasteiger partial charge in [0.1, 0.15) is 0 Å². The van der Waals surface area contributed by atoms with Gasteiger partial charge in [-0.3, -0.25) is 4.79 Å². The van der Waals surface area contributed by atoms with Gasteiger partial charge >= 0.3 is 0 Å². The first-order valence-electron chi connectivity index (χ1n) is 7.58. The van der Waals surface area contributed by atoms with Gasteiger partial charge in [-0.25, -0.2) is 0 Å². The molecule has 1 N–H and O–H groups in total. The van der Waals surface area contributed by atoms with Gasteiger partial charge in [0.2, 0.25) is 0 Å². The number of nitrogens with zero attached hydrogens (tertiary/aromatic N) is 1. The van der Waals surface area contributed by atoms with E-state index in [0.717, 1.165) is 16.9 Å². The molecule has 1 saturated carbocycles. The van der Waals surface area contributed by atoms with Gasteiger partial charge in [0, 0.05) is 41.8 Å². The van der Waals surface area contributed by atoms with Crippen molar-refractivity contribution in [2.75, 3.05) is 0 Å². The summed E-state index contributed by atoms with van der Waals surface area (Å²) in [5.41, 5.74) is 5.57. The van der Waals surface area contributed by atoms with Gasteiger partial charge in [-0.1, -0.05) is 17.7 Å². The van der Waals surface area contributed by atoms with Crippen LogP contribution in [0.15, 0.2) is 35.3 Å². The van der Waals surface area contributed by atoms with Crippen molar-refractivity contribution in [1.82, 2.24) is 9.88 Å². The summed E-state index contributed by atoms with van der Waals surface area (Å²) in [6.07, 6.45) is 4.46. The maximum absolute atomic E-state index is 12.1. The molecule has 1 aromatic carbocycles. The molecule has 0 bridgehead atoms. The summed E-state index contributed by atoms with van der Waals surface area (Å²) in [6, 6.07) is 8.76. The molecule has 3 nitrogen and oxygen atoms in total. The van der Waals surface area contributed by atoms with Crippen LogP contribution in [0, 0.1) is 20.8 Å². The molecule has 1 aliphatic rings. The molecule has 0 spiro atoms. The van der Waals surface area contributed by atoms with Crippen LogP contribution in [0.4, 0.5) is 0 Å². The second kappa shape index (κ2) is 5.49. The van der Waals surface area contributed by atoms with Gasteiger partial charge in [0.15, 0.2) is 5.43 Å². The van der Waals surface area contributed by atoms with Crippen LogP contribution in [0.2, 0.25) is 0 Å². The molecular formula is C18H22N2O. The zero-order valence-electron chi connectivity index (χ0n) is 12.9. The van der Waals surface area contributed by atoms with Crippen molar-refractivity contribution < 1.29 is 0 Å². The number of hydrogen-bond donors (Lipinski definition) is 1. The molecule has 3 rings (SSSR count). The lowest BCUT2D eigenvalue weighted by Crippen LogP contribution is -2.23. The largest absolute Gasteiger partial charge is 0.320 e. The highest BCUT2D eigenvalue weighted by Crippen LogP contribution is 2.20. The second-order valence-electron chi connectivity index (χ2n) is 6.12. The van der Waals surface area contributed by atoms with E-state index in [1.807, 2.05) is 13.1 Å². The van der Waals surface area contributed by atoms with Crippen LogP contribution >= 0.6 is 0 Å². The highest BCUT2D eigenvalue weighted by molar-refractivity contribution is 5.44. The van der Waals surface area contributed by atoms with Crippen molar-refractivity contribution in [2.45, 2.75) is 46.2 Å². The average Bonchev–Trinajstić information content (AvgIpc) is 3.23. The molecule has 21 heavy (non-hydrogen) atoms. The van der Waals surface area contributed by atoms with E-state index in [1.54, 1.807) is 6.07 Å². The van der Waals surface area contributed by atoms with E-state index in [0.29, 0.717) is 12.6 Å². The van der Waals surface area contributed by atoms with Gasteiger partial charge in [-0.2, -0.15) is 0 Å². The van der Waals surface area contributed by atoms with E-state index >= 15 is 0 Å². The van der Waals surface area contributed by atoms with E-state index in [-0.39, 0.29) is 5.43 Å². The number of hydrogen-bond acceptors (Lipinski definition) is 2. The van der Waals surface area contributed by atoms with Crippen molar-refractivity contribution in [3.05, 3.63) is 63.1 Å². The van der Waals surface area contributed by atoms with Crippen molar-refractivity contribution in [3.8, 4) is 5.69 Å². The molecule has 0 aliphatic heterocycles. The minimum absolute atomic E-state index is 0.127. The first-order chi connectivity index (χ1) is 10.0. The van der Waals surface area contributed by atoms with Crippen molar-refractivity contribution in [2.24, 2.45) is 0 Å². The predicted octanol–water partition coefficient (Wildman–Crippen LogP) is 3.01. The van der Waals surface area contributed by atoms with Gasteiger partial charge in [0.25, 0.3) is 0 Å². The quantitative estimate of drug-likeness (QED) is 0.935. The van der Waals surface area contributed by atoms with Crippen molar-refractivity contribution >= 4 is 0 Å². The van der Waals surface area contributed by atoms with E-state index in [9.17, 15) is 4.79 Å². The lowest BCUT2D eigenvalue weighted by atomic mass is 10.1. The van der Waals surface area contributed by atoms with Gasteiger partial charge in [-0.15, -0.1) is 0 Å². The monoisotopic (exact) mass is 282 g/mol. The van der Waals surface area contributed by atoms with Crippen LogP contribution in [0.3, 0.4) is 0 Å². The zero-order chi connectivity index (χ0) is 15.0. The lowest BCUT2D eigenvalue weighted by molar-refractivity contribution is 0.679. The Morgan fingerprint density at radius 3 is 2.62 bits per heavy atom. The number of nitrogens with one attached hydrogen (secondary N) is 1. The van der Waals surface area contributed by atoms with Crippen LogP contribution in [0.5, 0.6) is 0 Å². The Labute approximate surface area is 125 Å². The number of benzene rings is 1. The van der Waals surface area contributed by atoms with Crippen LogP contribution in [0.25, 0.3) is 5.69 Å². The van der Waals surface area contributed by atoms with E-state index < -0.39 is 0 Å². The molecule has 0 saturated heterocycles. The third-order valence-corrected chi connectivity index (χ3v) is 4.09. The number of aryl methyl sites for hydroxylation is 3. The molecule has 0 atom stereocenters. The highest BCUT2D eigenvalue weighted by atomic mass is 16.1. The second-order valence-corrected chi connectivity index (χ2v) is 6.12. The van der Waals surface area contributed by atoms with E-state index in [2.05, 4.69) is 41.9 Å². The molecule has 3 heteroatoms. The maximum Gasteiger partial charge on any atom is 0.186 e. The summed E-state index contributed by atoms with van der Waals surface area (Å²) in [7, 11) is 0. The summed E-state index contributed by atoms with van der Waals surface area (Å²) in [6.45, 7) is 6.86.